The molecule has 0 saturated carbocycles. The quantitative estimate of drug-likeness (QED) is 0.485. The van der Waals surface area contributed by atoms with Crippen molar-refractivity contribution in [3.8, 4) is 0 Å². The fourth-order valence-corrected chi connectivity index (χ4v) is 5.11. The molecule has 180 valence electrons. The fourth-order valence-electron chi connectivity index (χ4n) is 3.15. The first kappa shape index (κ1) is 25.2. The molecule has 0 aliphatic carbocycles. The number of nitrogens with one attached hydrogen (secondary N) is 2. The number of anilines is 3. The van der Waals surface area contributed by atoms with Crippen LogP contribution < -0.4 is 14.3 Å². The molecule has 1 amide bonds. The van der Waals surface area contributed by atoms with Gasteiger partial charge in [0.15, 0.2) is 0 Å². The Labute approximate surface area is 198 Å². The summed E-state index contributed by atoms with van der Waals surface area (Å²) < 4.78 is 66.2. The summed E-state index contributed by atoms with van der Waals surface area (Å²) in [4.78, 5) is 12.5. The topological polar surface area (TPSA) is 113 Å². The van der Waals surface area contributed by atoms with Crippen LogP contribution in [0.25, 0.3) is 0 Å². The van der Waals surface area contributed by atoms with Gasteiger partial charge in [-0.05, 0) is 79.6 Å². The van der Waals surface area contributed by atoms with Gasteiger partial charge in [-0.2, -0.15) is 0 Å². The Bertz CT molecular complexity index is 1410. The van der Waals surface area contributed by atoms with Crippen LogP contribution in [-0.4, -0.2) is 35.5 Å². The van der Waals surface area contributed by atoms with E-state index in [0.717, 1.165) is 28.3 Å². The van der Waals surface area contributed by atoms with Gasteiger partial charge in [0.25, 0.3) is 10.0 Å². The summed E-state index contributed by atoms with van der Waals surface area (Å²) >= 11 is 0. The van der Waals surface area contributed by atoms with Crippen LogP contribution >= 0.6 is 0 Å². The zero-order valence-corrected chi connectivity index (χ0v) is 20.4. The second kappa shape index (κ2) is 9.82. The number of carbonyl (C=O) groups is 1. The number of hydrogen-bond donors (Lipinski definition) is 2. The standard InChI is InChI=1S/C23H24FN3O5S2/c1-16-4-5-17(2)22(14-16)27(33(3,29)30)15-23(28)25-19-10-12-21(13-11-19)34(31,32)26-20-8-6-18(24)7-9-20/h4-14,26H,15H2,1-3H3,(H,25,28). The summed E-state index contributed by atoms with van der Waals surface area (Å²) in [5.74, 6) is -1.08. The number of hydrogen-bond acceptors (Lipinski definition) is 5. The lowest BCUT2D eigenvalue weighted by Gasteiger charge is -2.24. The van der Waals surface area contributed by atoms with E-state index in [4.69, 9.17) is 0 Å². The Morgan fingerprint density at radius 1 is 0.882 bits per heavy atom. The lowest BCUT2D eigenvalue weighted by Crippen LogP contribution is -2.37. The maximum atomic E-state index is 13.0. The Kier molecular flexibility index (Phi) is 7.27. The highest BCUT2D eigenvalue weighted by Gasteiger charge is 2.23. The summed E-state index contributed by atoms with van der Waals surface area (Å²) in [5.41, 5.74) is 2.45. The van der Waals surface area contributed by atoms with E-state index in [1.807, 2.05) is 13.0 Å². The molecule has 3 rings (SSSR count). The molecule has 2 N–H and O–H groups in total. The normalized spacial score (nSPS) is 11.6. The minimum Gasteiger partial charge on any atom is -0.325 e. The number of benzene rings is 3. The first-order chi connectivity index (χ1) is 15.8. The minimum absolute atomic E-state index is 0.0667. The maximum absolute atomic E-state index is 13.0. The SMILES string of the molecule is Cc1ccc(C)c(N(CC(=O)Nc2ccc(S(=O)(=O)Nc3ccc(F)cc3)cc2)S(C)(=O)=O)c1. The second-order valence-electron chi connectivity index (χ2n) is 7.74. The molecule has 0 spiro atoms. The lowest BCUT2D eigenvalue weighted by atomic mass is 10.1. The molecular weight excluding hydrogens is 481 g/mol. The zero-order chi connectivity index (χ0) is 25.1. The number of amides is 1. The van der Waals surface area contributed by atoms with Crippen LogP contribution in [0.15, 0.2) is 71.6 Å². The zero-order valence-electron chi connectivity index (χ0n) is 18.7. The van der Waals surface area contributed by atoms with Crippen molar-refractivity contribution in [2.24, 2.45) is 0 Å². The molecule has 0 saturated heterocycles. The molecule has 0 aliphatic heterocycles. The molecule has 0 radical (unpaired) electrons. The number of rotatable bonds is 8. The van der Waals surface area contributed by atoms with Gasteiger partial charge in [-0.3, -0.25) is 13.8 Å². The number of sulfonamides is 2. The van der Waals surface area contributed by atoms with E-state index in [1.165, 1.54) is 36.4 Å². The van der Waals surface area contributed by atoms with Crippen molar-refractivity contribution in [1.29, 1.82) is 0 Å². The van der Waals surface area contributed by atoms with E-state index in [0.29, 0.717) is 16.9 Å². The van der Waals surface area contributed by atoms with E-state index in [1.54, 1.807) is 19.1 Å². The van der Waals surface area contributed by atoms with E-state index in [9.17, 15) is 26.0 Å². The first-order valence-corrected chi connectivity index (χ1v) is 13.4. The van der Waals surface area contributed by atoms with Gasteiger partial charge in [-0.15, -0.1) is 0 Å². The predicted molar refractivity (Wildman–Crippen MR) is 130 cm³/mol. The highest BCUT2D eigenvalue weighted by Crippen LogP contribution is 2.24. The average Bonchev–Trinajstić information content (AvgIpc) is 2.75. The third-order valence-electron chi connectivity index (χ3n) is 4.87. The number of aryl methyl sites for hydroxylation is 2. The van der Waals surface area contributed by atoms with Gasteiger partial charge < -0.3 is 5.32 Å². The molecule has 0 unspecified atom stereocenters. The number of nitrogens with zero attached hydrogens (tertiary/aromatic N) is 1. The molecular formula is C23H24FN3O5S2. The van der Waals surface area contributed by atoms with Crippen LogP contribution in [0.3, 0.4) is 0 Å². The average molecular weight is 506 g/mol. The van der Waals surface area contributed by atoms with Crippen molar-refractivity contribution in [1.82, 2.24) is 0 Å². The van der Waals surface area contributed by atoms with Gasteiger partial charge in [0.05, 0.1) is 16.8 Å². The smallest absolute Gasteiger partial charge is 0.261 e. The Morgan fingerprint density at radius 2 is 1.47 bits per heavy atom. The monoisotopic (exact) mass is 505 g/mol. The summed E-state index contributed by atoms with van der Waals surface area (Å²) in [7, 11) is -7.67. The molecule has 8 nitrogen and oxygen atoms in total. The molecule has 11 heteroatoms. The summed E-state index contributed by atoms with van der Waals surface area (Å²) in [6.45, 7) is 3.13. The summed E-state index contributed by atoms with van der Waals surface area (Å²) in [6, 6.07) is 15.5. The van der Waals surface area contributed by atoms with Gasteiger partial charge in [-0.1, -0.05) is 12.1 Å². The maximum Gasteiger partial charge on any atom is 0.261 e. The summed E-state index contributed by atoms with van der Waals surface area (Å²) in [6.07, 6.45) is 1.02. The molecule has 0 aliphatic rings. The van der Waals surface area contributed by atoms with Crippen LogP contribution in [0.2, 0.25) is 0 Å². The van der Waals surface area contributed by atoms with Crippen LogP contribution in [0.1, 0.15) is 11.1 Å². The second-order valence-corrected chi connectivity index (χ2v) is 11.3. The molecule has 3 aromatic rings. The fraction of sp³-hybridized carbons (Fsp3) is 0.174. The Balaban J connectivity index is 1.73. The van der Waals surface area contributed by atoms with Gasteiger partial charge in [0.2, 0.25) is 15.9 Å². The highest BCUT2D eigenvalue weighted by molar-refractivity contribution is 7.92. The molecule has 0 atom stereocenters. The summed E-state index contributed by atoms with van der Waals surface area (Å²) in [5, 5.41) is 2.58. The van der Waals surface area contributed by atoms with Gasteiger partial charge in [0, 0.05) is 11.4 Å². The van der Waals surface area contributed by atoms with Crippen LogP contribution in [-0.2, 0) is 24.8 Å². The third-order valence-corrected chi connectivity index (χ3v) is 7.39. The minimum atomic E-state index is -3.93. The van der Waals surface area contributed by atoms with Crippen LogP contribution in [0.4, 0.5) is 21.5 Å². The third kappa shape index (κ3) is 6.33. The Hall–Kier alpha value is -3.44. The van der Waals surface area contributed by atoms with Gasteiger partial charge in [-0.25, -0.2) is 21.2 Å². The molecule has 0 aromatic heterocycles. The van der Waals surface area contributed by atoms with Gasteiger partial charge >= 0.3 is 0 Å². The van der Waals surface area contributed by atoms with E-state index < -0.39 is 38.3 Å². The largest absolute Gasteiger partial charge is 0.325 e. The molecule has 0 heterocycles. The first-order valence-electron chi connectivity index (χ1n) is 10.1. The van der Waals surface area contributed by atoms with Crippen molar-refractivity contribution in [2.45, 2.75) is 18.7 Å². The predicted octanol–water partition coefficient (Wildman–Crippen LogP) is 3.65. The lowest BCUT2D eigenvalue weighted by molar-refractivity contribution is -0.114. The van der Waals surface area contributed by atoms with Gasteiger partial charge in [0.1, 0.15) is 12.4 Å². The van der Waals surface area contributed by atoms with Crippen molar-refractivity contribution < 1.29 is 26.0 Å². The van der Waals surface area contributed by atoms with Crippen molar-refractivity contribution in [2.75, 3.05) is 27.1 Å². The van der Waals surface area contributed by atoms with E-state index in [-0.39, 0.29) is 10.6 Å². The number of halogens is 1. The van der Waals surface area contributed by atoms with Crippen LogP contribution in [0.5, 0.6) is 0 Å². The molecule has 3 aromatic carbocycles. The van der Waals surface area contributed by atoms with Crippen molar-refractivity contribution in [3.05, 3.63) is 83.7 Å². The van der Waals surface area contributed by atoms with Crippen molar-refractivity contribution in [3.63, 3.8) is 0 Å². The van der Waals surface area contributed by atoms with E-state index >= 15 is 0 Å². The van der Waals surface area contributed by atoms with E-state index in [2.05, 4.69) is 10.0 Å². The van der Waals surface area contributed by atoms with Crippen LogP contribution in [0, 0.1) is 19.7 Å². The molecule has 34 heavy (non-hydrogen) atoms. The Morgan fingerprint density at radius 3 is 2.06 bits per heavy atom. The molecule has 0 fully saturated rings. The van der Waals surface area contributed by atoms with Crippen molar-refractivity contribution >= 4 is 43.0 Å². The number of carbonyl (C=O) groups excluding carboxylic acids is 1. The highest BCUT2D eigenvalue weighted by atomic mass is 32.2. The molecule has 0 bridgehead atoms.